The highest BCUT2D eigenvalue weighted by Gasteiger charge is 2.04. The molecule has 0 amide bonds. The molecular formula is C19H23FIN3O2. The van der Waals surface area contributed by atoms with Crippen molar-refractivity contribution in [2.24, 2.45) is 4.99 Å². The van der Waals surface area contributed by atoms with E-state index in [1.807, 2.05) is 19.1 Å². The number of aliphatic imine (C=N–C) groups is 1. The molecule has 0 aromatic heterocycles. The molecule has 0 atom stereocenters. The van der Waals surface area contributed by atoms with Gasteiger partial charge in [-0.05, 0) is 42.3 Å². The Hall–Kier alpha value is -2.16. The number of nitrogens with zero attached hydrogens (tertiary/aromatic N) is 1. The van der Waals surface area contributed by atoms with Gasteiger partial charge >= 0.3 is 5.97 Å². The van der Waals surface area contributed by atoms with E-state index in [9.17, 15) is 9.18 Å². The average Bonchev–Trinajstić information content (AvgIpc) is 2.65. The normalized spacial score (nSPS) is 10.7. The molecule has 0 aliphatic rings. The summed E-state index contributed by atoms with van der Waals surface area (Å²) in [6, 6.07) is 13.5. The molecule has 7 heteroatoms. The van der Waals surface area contributed by atoms with E-state index in [-0.39, 0.29) is 35.8 Å². The van der Waals surface area contributed by atoms with Crippen LogP contribution < -0.4 is 10.6 Å². The SMILES string of the molecule is CCNC(=NCc1ccc(C(=O)OC)cc1)NCc1ccc(F)cc1.I. The van der Waals surface area contributed by atoms with E-state index in [2.05, 4.69) is 20.4 Å². The minimum Gasteiger partial charge on any atom is -0.465 e. The summed E-state index contributed by atoms with van der Waals surface area (Å²) in [5.41, 5.74) is 2.46. The van der Waals surface area contributed by atoms with Gasteiger partial charge in [-0.2, -0.15) is 0 Å². The molecule has 0 saturated carbocycles. The van der Waals surface area contributed by atoms with Crippen LogP contribution in [-0.4, -0.2) is 25.6 Å². The van der Waals surface area contributed by atoms with E-state index in [0.29, 0.717) is 24.6 Å². The number of methoxy groups -OCH3 is 1. The van der Waals surface area contributed by atoms with Crippen LogP contribution in [0.25, 0.3) is 0 Å². The van der Waals surface area contributed by atoms with Gasteiger partial charge in [0.05, 0.1) is 19.2 Å². The number of halogens is 2. The fraction of sp³-hybridized carbons (Fsp3) is 0.263. The first kappa shape index (κ1) is 21.9. The number of rotatable bonds is 6. The summed E-state index contributed by atoms with van der Waals surface area (Å²) in [5.74, 6) is 0.0629. The van der Waals surface area contributed by atoms with E-state index < -0.39 is 0 Å². The minimum atomic E-state index is -0.357. The summed E-state index contributed by atoms with van der Waals surface area (Å²) >= 11 is 0. The minimum absolute atomic E-state index is 0. The highest BCUT2D eigenvalue weighted by Crippen LogP contribution is 2.07. The molecule has 2 rings (SSSR count). The molecule has 140 valence electrons. The van der Waals surface area contributed by atoms with Crippen LogP contribution in [0.2, 0.25) is 0 Å². The number of nitrogens with one attached hydrogen (secondary N) is 2. The number of esters is 1. The standard InChI is InChI=1S/C19H22FN3O2.HI/c1-3-21-19(23-13-15-6-10-17(20)11-7-15)22-12-14-4-8-16(9-5-14)18(24)25-2;/h4-11H,3,12-13H2,1-2H3,(H2,21,22,23);1H. The van der Waals surface area contributed by atoms with Gasteiger partial charge in [-0.25, -0.2) is 14.2 Å². The molecule has 26 heavy (non-hydrogen) atoms. The molecule has 2 N–H and O–H groups in total. The van der Waals surface area contributed by atoms with Crippen molar-refractivity contribution < 1.29 is 13.9 Å². The van der Waals surface area contributed by atoms with Gasteiger partial charge in [-0.3, -0.25) is 0 Å². The van der Waals surface area contributed by atoms with Gasteiger partial charge < -0.3 is 15.4 Å². The summed E-state index contributed by atoms with van der Waals surface area (Å²) in [6.45, 7) is 3.74. The number of carbonyl (C=O) groups excluding carboxylic acids is 1. The summed E-state index contributed by atoms with van der Waals surface area (Å²) < 4.78 is 17.6. The van der Waals surface area contributed by atoms with Gasteiger partial charge in [0.2, 0.25) is 0 Å². The maximum atomic E-state index is 12.9. The Bertz CT molecular complexity index is 719. The third kappa shape index (κ3) is 6.99. The number of hydrogen-bond acceptors (Lipinski definition) is 3. The second-order valence-electron chi connectivity index (χ2n) is 5.36. The molecule has 0 saturated heterocycles. The Balaban J connectivity index is 0.00000338. The number of hydrogen-bond donors (Lipinski definition) is 2. The summed E-state index contributed by atoms with van der Waals surface area (Å²) in [6.07, 6.45) is 0. The molecule has 5 nitrogen and oxygen atoms in total. The maximum Gasteiger partial charge on any atom is 0.337 e. The quantitative estimate of drug-likeness (QED) is 0.293. The molecular weight excluding hydrogens is 448 g/mol. The van der Waals surface area contributed by atoms with Crippen LogP contribution in [0.15, 0.2) is 53.5 Å². The molecule has 0 heterocycles. The van der Waals surface area contributed by atoms with Gasteiger partial charge in [-0.1, -0.05) is 24.3 Å². The number of benzene rings is 2. The van der Waals surface area contributed by atoms with Crippen molar-refractivity contribution in [3.8, 4) is 0 Å². The predicted octanol–water partition coefficient (Wildman–Crippen LogP) is 3.49. The van der Waals surface area contributed by atoms with E-state index in [1.54, 1.807) is 24.3 Å². The van der Waals surface area contributed by atoms with Gasteiger partial charge in [0.1, 0.15) is 5.82 Å². The van der Waals surface area contributed by atoms with Crippen molar-refractivity contribution in [2.45, 2.75) is 20.0 Å². The van der Waals surface area contributed by atoms with E-state index in [0.717, 1.165) is 17.7 Å². The monoisotopic (exact) mass is 471 g/mol. The number of ether oxygens (including phenoxy) is 1. The Morgan fingerprint density at radius 1 is 1.04 bits per heavy atom. The number of guanidine groups is 1. The number of carbonyl (C=O) groups is 1. The van der Waals surface area contributed by atoms with Gasteiger partial charge in [0.25, 0.3) is 0 Å². The molecule has 0 unspecified atom stereocenters. The Kier molecular flexibility index (Phi) is 9.64. The molecule has 0 fully saturated rings. The van der Waals surface area contributed by atoms with Crippen LogP contribution >= 0.6 is 24.0 Å². The fourth-order valence-electron chi connectivity index (χ4n) is 2.16. The third-order valence-electron chi connectivity index (χ3n) is 3.51. The lowest BCUT2D eigenvalue weighted by Gasteiger charge is -2.11. The highest BCUT2D eigenvalue weighted by molar-refractivity contribution is 14.0. The van der Waals surface area contributed by atoms with E-state index in [1.165, 1.54) is 19.2 Å². The van der Waals surface area contributed by atoms with Crippen LogP contribution in [0, 0.1) is 5.82 Å². The largest absolute Gasteiger partial charge is 0.465 e. The van der Waals surface area contributed by atoms with E-state index in [4.69, 9.17) is 0 Å². The Morgan fingerprint density at radius 3 is 2.23 bits per heavy atom. The average molecular weight is 471 g/mol. The summed E-state index contributed by atoms with van der Waals surface area (Å²) in [4.78, 5) is 15.9. The molecule has 0 aliphatic carbocycles. The highest BCUT2D eigenvalue weighted by atomic mass is 127. The van der Waals surface area contributed by atoms with Crippen molar-refractivity contribution >= 4 is 35.9 Å². The zero-order valence-corrected chi connectivity index (χ0v) is 17.1. The van der Waals surface area contributed by atoms with E-state index >= 15 is 0 Å². The topological polar surface area (TPSA) is 62.7 Å². The summed E-state index contributed by atoms with van der Waals surface area (Å²) in [5, 5.41) is 6.37. The van der Waals surface area contributed by atoms with Crippen molar-refractivity contribution in [2.75, 3.05) is 13.7 Å². The predicted molar refractivity (Wildman–Crippen MR) is 111 cm³/mol. The fourth-order valence-corrected chi connectivity index (χ4v) is 2.16. The van der Waals surface area contributed by atoms with Crippen LogP contribution in [0.3, 0.4) is 0 Å². The van der Waals surface area contributed by atoms with Crippen LogP contribution in [-0.2, 0) is 17.8 Å². The first-order valence-electron chi connectivity index (χ1n) is 8.06. The van der Waals surface area contributed by atoms with Gasteiger partial charge in [-0.15, -0.1) is 24.0 Å². The van der Waals surface area contributed by atoms with Crippen molar-refractivity contribution in [1.82, 2.24) is 10.6 Å². The first-order valence-corrected chi connectivity index (χ1v) is 8.06. The molecule has 2 aromatic rings. The molecule has 0 bridgehead atoms. The molecule has 0 aliphatic heterocycles. The molecule has 2 aromatic carbocycles. The lowest BCUT2D eigenvalue weighted by molar-refractivity contribution is 0.0600. The van der Waals surface area contributed by atoms with Crippen LogP contribution in [0.1, 0.15) is 28.4 Å². The van der Waals surface area contributed by atoms with Gasteiger partial charge in [0.15, 0.2) is 5.96 Å². The first-order chi connectivity index (χ1) is 12.1. The third-order valence-corrected chi connectivity index (χ3v) is 3.51. The lowest BCUT2D eigenvalue weighted by atomic mass is 10.1. The van der Waals surface area contributed by atoms with Crippen LogP contribution in [0.5, 0.6) is 0 Å². The van der Waals surface area contributed by atoms with Crippen LogP contribution in [0.4, 0.5) is 4.39 Å². The second-order valence-corrected chi connectivity index (χ2v) is 5.36. The molecule has 0 spiro atoms. The van der Waals surface area contributed by atoms with Crippen molar-refractivity contribution in [3.05, 3.63) is 71.0 Å². The molecule has 0 radical (unpaired) electrons. The smallest absolute Gasteiger partial charge is 0.337 e. The van der Waals surface area contributed by atoms with Crippen molar-refractivity contribution in [3.63, 3.8) is 0 Å². The Morgan fingerprint density at radius 2 is 1.65 bits per heavy atom. The zero-order chi connectivity index (χ0) is 18.1. The lowest BCUT2D eigenvalue weighted by Crippen LogP contribution is -2.36. The zero-order valence-electron chi connectivity index (χ0n) is 14.8. The Labute approximate surface area is 170 Å². The van der Waals surface area contributed by atoms with Crippen molar-refractivity contribution in [1.29, 1.82) is 0 Å². The maximum absolute atomic E-state index is 12.9. The summed E-state index contributed by atoms with van der Waals surface area (Å²) in [7, 11) is 1.36. The second kappa shape index (κ2) is 11.5. The van der Waals surface area contributed by atoms with Gasteiger partial charge in [0, 0.05) is 13.1 Å².